The Morgan fingerprint density at radius 3 is 2.14 bits per heavy atom. The summed E-state index contributed by atoms with van der Waals surface area (Å²) in [5.41, 5.74) is -1.53. The number of hydrogen-bond acceptors (Lipinski definition) is 20. The molecule has 0 unspecified atom stereocenters. The van der Waals surface area contributed by atoms with Gasteiger partial charge in [-0.15, -0.1) is 0 Å². The summed E-state index contributed by atoms with van der Waals surface area (Å²) in [6.45, 7) is 26.4. The summed E-state index contributed by atoms with van der Waals surface area (Å²) in [5.74, 6) is -7.36. The molecule has 0 radical (unpaired) electrons. The van der Waals surface area contributed by atoms with E-state index in [1.54, 1.807) is 48.5 Å². The fourth-order valence-electron chi connectivity index (χ4n) is 12.1. The summed E-state index contributed by atoms with van der Waals surface area (Å²) >= 11 is 0. The number of carbonyl (C=O) groups is 4. The summed E-state index contributed by atoms with van der Waals surface area (Å²) in [7, 11) is 4.92. The minimum Gasteiger partial charge on any atom is -0.461 e. The Kier molecular flexibility index (Phi) is 24.4. The van der Waals surface area contributed by atoms with Crippen LogP contribution in [0.25, 0.3) is 0 Å². The molecule has 5 aliphatic rings. The molecular formula is C57H95N3O18. The molecule has 0 spiro atoms. The van der Waals surface area contributed by atoms with Gasteiger partial charge in [0.2, 0.25) is 0 Å². The van der Waals surface area contributed by atoms with Gasteiger partial charge in [-0.05, 0) is 85.8 Å². The molecule has 2 N–H and O–H groups in total. The van der Waals surface area contributed by atoms with E-state index >= 15 is 9.59 Å². The van der Waals surface area contributed by atoms with E-state index in [2.05, 4.69) is 11.8 Å². The number of likely N-dealkylation sites (N-methyl/N-ethyl adjacent to an activating group) is 1. The van der Waals surface area contributed by atoms with Gasteiger partial charge in [-0.1, -0.05) is 48.5 Å². The van der Waals surface area contributed by atoms with Gasteiger partial charge in [0.25, 0.3) is 0 Å². The molecule has 5 fully saturated rings. The summed E-state index contributed by atoms with van der Waals surface area (Å²) in [6, 6.07) is 2.03. The van der Waals surface area contributed by atoms with Crippen LogP contribution in [0, 0.1) is 52.8 Å². The van der Waals surface area contributed by atoms with Crippen LogP contribution in [0.4, 0.5) is 4.79 Å². The summed E-state index contributed by atoms with van der Waals surface area (Å²) < 4.78 is 76.3. The van der Waals surface area contributed by atoms with E-state index in [1.807, 2.05) is 54.7 Å². The third kappa shape index (κ3) is 16.4. The number of allylic oxidation sites excluding steroid dienone is 1. The molecule has 0 saturated carbocycles. The number of aliphatic hydroxyl groups excluding tert-OH is 2. The number of amides is 1. The average molecular weight is 1110 g/mol. The first-order chi connectivity index (χ1) is 36.6. The minimum atomic E-state index is -1.94. The number of cyclic esters (lactones) is 1. The van der Waals surface area contributed by atoms with Crippen molar-refractivity contribution < 1.29 is 86.2 Å². The van der Waals surface area contributed by atoms with Crippen molar-refractivity contribution in [2.45, 2.75) is 226 Å². The number of esters is 2. The van der Waals surface area contributed by atoms with Crippen LogP contribution < -0.4 is 0 Å². The third-order valence-corrected chi connectivity index (χ3v) is 16.5. The van der Waals surface area contributed by atoms with E-state index in [0.29, 0.717) is 18.5 Å². The highest BCUT2D eigenvalue weighted by molar-refractivity contribution is 5.91. The molecule has 21 heteroatoms. The second-order valence-electron chi connectivity index (χ2n) is 23.8. The molecule has 0 aromatic carbocycles. The normalized spacial score (nSPS) is 42.0. The van der Waals surface area contributed by atoms with Gasteiger partial charge in [-0.25, -0.2) is 4.79 Å². The van der Waals surface area contributed by atoms with Gasteiger partial charge in [-0.2, -0.15) is 5.26 Å². The Morgan fingerprint density at radius 2 is 1.51 bits per heavy atom. The van der Waals surface area contributed by atoms with E-state index in [4.69, 9.17) is 56.8 Å². The van der Waals surface area contributed by atoms with Gasteiger partial charge in [0, 0.05) is 70.0 Å². The first-order valence-electron chi connectivity index (χ1n) is 28.3. The van der Waals surface area contributed by atoms with Crippen molar-refractivity contribution in [2.75, 3.05) is 54.1 Å². The predicted molar refractivity (Wildman–Crippen MR) is 283 cm³/mol. The van der Waals surface area contributed by atoms with Crippen molar-refractivity contribution in [3.63, 3.8) is 0 Å². The van der Waals surface area contributed by atoms with Gasteiger partial charge < -0.3 is 76.9 Å². The topological polar surface area (TPSA) is 250 Å². The standard InChI is InChI=1S/C57H95N3O18/c1-29(2)22-42(61)74-48-37(10)47(31(4)28-70-55-51(68-17)50(67-16)44(62)40(13)73-55)76-53(65)39(12)49(75-43-23-32(5)59(15)26-35(8)71-43)36(9)46(77-54-45(63)41(18-19-58)24-33(6)72-54)30(3)25-57(14,52(64)38(48)11)78-56(66)60-20-21-69-34(7)27-60/h18,29-40,43-51,54-55,62-63H,20-28H2,1-17H3/b41-18+/t30-,31-,32+,33+,34-,35-,36+,37-,38+,39+,40+,43-,44+,45+,46-,47+,48+,49-,50+,51+,54-,55+,57-/m0/s1. The number of nitrogens with zero attached hydrogens (tertiary/aromatic N) is 3. The zero-order valence-electron chi connectivity index (χ0n) is 49.5. The number of nitriles is 1. The van der Waals surface area contributed by atoms with Crippen LogP contribution >= 0.6 is 0 Å². The molecule has 78 heavy (non-hydrogen) atoms. The largest absolute Gasteiger partial charge is 0.461 e. The molecule has 23 atom stereocenters. The highest BCUT2D eigenvalue weighted by Crippen LogP contribution is 2.41. The van der Waals surface area contributed by atoms with E-state index in [0.717, 1.165) is 0 Å². The highest BCUT2D eigenvalue weighted by Gasteiger charge is 2.53. The molecule has 446 valence electrons. The molecule has 0 aliphatic carbocycles. The molecule has 5 heterocycles. The van der Waals surface area contributed by atoms with Gasteiger partial charge in [0.05, 0.1) is 74.3 Å². The molecule has 0 aromatic heterocycles. The molecule has 5 aliphatic heterocycles. The Labute approximate surface area is 463 Å². The van der Waals surface area contributed by atoms with Crippen LogP contribution in [-0.4, -0.2) is 202 Å². The second kappa shape index (κ2) is 29.0. The number of Topliss-reactive ketones (excluding diaryl/α,β-unsaturated/α-hetero) is 1. The number of methoxy groups -OCH3 is 2. The second-order valence-corrected chi connectivity index (χ2v) is 23.8. The van der Waals surface area contributed by atoms with E-state index in [9.17, 15) is 25.1 Å². The van der Waals surface area contributed by atoms with Crippen molar-refractivity contribution in [3.8, 4) is 6.07 Å². The van der Waals surface area contributed by atoms with Gasteiger partial charge in [0.1, 0.15) is 36.6 Å². The predicted octanol–water partition coefficient (Wildman–Crippen LogP) is 5.59. The fourth-order valence-corrected chi connectivity index (χ4v) is 12.1. The van der Waals surface area contributed by atoms with Crippen molar-refractivity contribution in [3.05, 3.63) is 11.6 Å². The van der Waals surface area contributed by atoms with Gasteiger partial charge >= 0.3 is 18.0 Å². The highest BCUT2D eigenvalue weighted by atomic mass is 16.7. The number of rotatable bonds is 14. The van der Waals surface area contributed by atoms with Crippen LogP contribution in [0.1, 0.15) is 123 Å². The first-order valence-corrected chi connectivity index (χ1v) is 28.3. The first kappa shape index (κ1) is 65.4. The van der Waals surface area contributed by atoms with Crippen molar-refractivity contribution >= 4 is 23.8 Å². The van der Waals surface area contributed by atoms with Crippen molar-refractivity contribution in [1.29, 1.82) is 5.26 Å². The third-order valence-electron chi connectivity index (χ3n) is 16.5. The van der Waals surface area contributed by atoms with Crippen LogP contribution in [0.2, 0.25) is 0 Å². The lowest BCUT2D eigenvalue weighted by atomic mass is 9.74. The van der Waals surface area contributed by atoms with E-state index in [1.165, 1.54) is 25.2 Å². The summed E-state index contributed by atoms with van der Waals surface area (Å²) in [4.78, 5) is 63.4. The smallest absolute Gasteiger partial charge is 0.410 e. The molecule has 21 nitrogen and oxygen atoms in total. The summed E-state index contributed by atoms with van der Waals surface area (Å²) in [5, 5.41) is 32.5. The lowest BCUT2D eigenvalue weighted by Crippen LogP contribution is -2.59. The Morgan fingerprint density at radius 1 is 0.833 bits per heavy atom. The lowest BCUT2D eigenvalue weighted by Gasteiger charge is -2.45. The molecule has 0 bridgehead atoms. The average Bonchev–Trinajstić information content (AvgIpc) is 3.56. The molecular weight excluding hydrogens is 1010 g/mol. The van der Waals surface area contributed by atoms with Crippen LogP contribution in [-0.2, 0) is 71.2 Å². The number of hydrogen-bond donors (Lipinski definition) is 2. The van der Waals surface area contributed by atoms with Crippen LogP contribution in [0.3, 0.4) is 0 Å². The fraction of sp³-hybridized carbons (Fsp3) is 0.877. The Bertz CT molecular complexity index is 2040. The maximum absolute atomic E-state index is 15.9. The van der Waals surface area contributed by atoms with E-state index in [-0.39, 0.29) is 69.7 Å². The maximum atomic E-state index is 15.9. The number of morpholine rings is 1. The number of ketones is 1. The quantitative estimate of drug-likeness (QED) is 0.122. The SMILES string of the molecule is CO[C@@H]1[C@H](O)[C@@H](C)O[C@@H](OC[C@H](C)[C@H]2OC(=O)[C@H](C)[C@@H](O[C@H]3C[C@@H](C)N(C)C[C@H](C)O3)[C@H](C)[C@@H](O[C@@H]3O[C@H](C)C/C(=C\C#N)[C@H]3O)[C@@H](C)C[C@](C)(OC(=O)N3CCO[C@@H](C)C3)C(=O)[C@H](C)[C@H](OC(=O)CC(C)C)[C@H]2C)[C@@H]1OC. The Hall–Kier alpha value is -3.37. The molecule has 5 rings (SSSR count). The summed E-state index contributed by atoms with van der Waals surface area (Å²) in [6.07, 6.45) is -12.4. The Balaban J connectivity index is 1.71. The lowest BCUT2D eigenvalue weighted by molar-refractivity contribution is -0.305. The van der Waals surface area contributed by atoms with Gasteiger partial charge in [0.15, 0.2) is 30.3 Å². The maximum Gasteiger partial charge on any atom is 0.410 e. The number of ether oxygens (including phenoxy) is 12. The number of carbonyl (C=O) groups excluding carboxylic acids is 4. The van der Waals surface area contributed by atoms with Crippen molar-refractivity contribution in [1.82, 2.24) is 9.80 Å². The minimum absolute atomic E-state index is 0.00939. The van der Waals surface area contributed by atoms with Crippen LogP contribution in [0.15, 0.2) is 11.6 Å². The monoisotopic (exact) mass is 1110 g/mol. The molecule has 0 aromatic rings. The molecule has 1 amide bonds. The molecule has 5 saturated heterocycles. The zero-order chi connectivity index (χ0) is 58.1. The van der Waals surface area contributed by atoms with Crippen LogP contribution in [0.5, 0.6) is 0 Å². The number of aliphatic hydroxyl groups is 2. The van der Waals surface area contributed by atoms with Crippen molar-refractivity contribution in [2.24, 2.45) is 41.4 Å². The zero-order valence-corrected chi connectivity index (χ0v) is 49.5. The van der Waals surface area contributed by atoms with Gasteiger partial charge in [-0.3, -0.25) is 14.4 Å². The van der Waals surface area contributed by atoms with E-state index < -0.39 is 145 Å².